The second-order valence-electron chi connectivity index (χ2n) is 4.70. The molecule has 4 nitrogen and oxygen atoms in total. The van der Waals surface area contributed by atoms with Gasteiger partial charge in [0.15, 0.2) is 6.61 Å². The maximum atomic E-state index is 11.6. The monoisotopic (exact) mass is 262 g/mol. The number of carbonyl (C=O) groups is 1. The van der Waals surface area contributed by atoms with Crippen LogP contribution in [-0.2, 0) is 4.79 Å². The summed E-state index contributed by atoms with van der Waals surface area (Å²) < 4.78 is 5.39. The van der Waals surface area contributed by atoms with Gasteiger partial charge in [-0.1, -0.05) is 26.0 Å². The van der Waals surface area contributed by atoms with Gasteiger partial charge >= 0.3 is 0 Å². The number of ether oxygens (including phenoxy) is 1. The van der Waals surface area contributed by atoms with E-state index in [2.05, 4.69) is 24.4 Å². The smallest absolute Gasteiger partial charge is 0.277 e. The van der Waals surface area contributed by atoms with Crippen LogP contribution in [0.1, 0.15) is 32.8 Å². The summed E-state index contributed by atoms with van der Waals surface area (Å²) in [5.41, 5.74) is 4.53. The standard InChI is InChI=1S/C15H22N2O2/c1-5-12(3)13(4)16-17-15(18)10-19-14-8-6-7-11(2)9-14/h6-9,12H,5,10H2,1-4H3,(H,17,18)/b16-13-/t12-/m0/s1. The fourth-order valence-electron chi connectivity index (χ4n) is 1.44. The summed E-state index contributed by atoms with van der Waals surface area (Å²) in [7, 11) is 0. The van der Waals surface area contributed by atoms with Crippen LogP contribution in [-0.4, -0.2) is 18.2 Å². The van der Waals surface area contributed by atoms with Crippen molar-refractivity contribution in [3.63, 3.8) is 0 Å². The van der Waals surface area contributed by atoms with Gasteiger partial charge in [0.1, 0.15) is 5.75 Å². The molecule has 1 atom stereocenters. The Balaban J connectivity index is 2.40. The van der Waals surface area contributed by atoms with Crippen molar-refractivity contribution in [2.24, 2.45) is 11.0 Å². The molecule has 0 saturated carbocycles. The summed E-state index contributed by atoms with van der Waals surface area (Å²) in [5, 5.41) is 4.06. The molecule has 0 aliphatic heterocycles. The number of carbonyl (C=O) groups excluding carboxylic acids is 1. The highest BCUT2D eigenvalue weighted by Crippen LogP contribution is 2.11. The molecule has 0 aromatic heterocycles. The molecule has 0 aliphatic carbocycles. The molecule has 0 saturated heterocycles. The number of hydrazone groups is 1. The number of amides is 1. The van der Waals surface area contributed by atoms with Crippen molar-refractivity contribution in [1.82, 2.24) is 5.43 Å². The molecule has 1 N–H and O–H groups in total. The van der Waals surface area contributed by atoms with E-state index >= 15 is 0 Å². The lowest BCUT2D eigenvalue weighted by atomic mass is 10.1. The molecule has 4 heteroatoms. The average molecular weight is 262 g/mol. The van der Waals surface area contributed by atoms with Gasteiger partial charge in [-0.2, -0.15) is 5.10 Å². The highest BCUT2D eigenvalue weighted by molar-refractivity contribution is 5.86. The van der Waals surface area contributed by atoms with Gasteiger partial charge in [0.2, 0.25) is 0 Å². The SMILES string of the molecule is CC[C@H](C)/C(C)=N\NC(=O)COc1cccc(C)c1. The third-order valence-corrected chi connectivity index (χ3v) is 3.04. The largest absolute Gasteiger partial charge is 0.484 e. The minimum absolute atomic E-state index is 0.0270. The summed E-state index contributed by atoms with van der Waals surface area (Å²) in [6, 6.07) is 7.59. The molecular formula is C15H22N2O2. The summed E-state index contributed by atoms with van der Waals surface area (Å²) in [6.45, 7) is 8.03. The van der Waals surface area contributed by atoms with E-state index in [0.29, 0.717) is 11.7 Å². The highest BCUT2D eigenvalue weighted by atomic mass is 16.5. The van der Waals surface area contributed by atoms with E-state index in [1.807, 2.05) is 38.1 Å². The molecule has 1 amide bonds. The van der Waals surface area contributed by atoms with Crippen molar-refractivity contribution >= 4 is 11.6 Å². The minimum Gasteiger partial charge on any atom is -0.484 e. The van der Waals surface area contributed by atoms with Gasteiger partial charge in [-0.15, -0.1) is 0 Å². The number of nitrogens with zero attached hydrogens (tertiary/aromatic N) is 1. The van der Waals surface area contributed by atoms with Crippen molar-refractivity contribution in [3.05, 3.63) is 29.8 Å². The molecule has 0 spiro atoms. The molecule has 0 aliphatic rings. The molecule has 19 heavy (non-hydrogen) atoms. The molecule has 1 rings (SSSR count). The Hall–Kier alpha value is -1.84. The van der Waals surface area contributed by atoms with Gasteiger partial charge in [-0.3, -0.25) is 4.79 Å². The van der Waals surface area contributed by atoms with E-state index in [9.17, 15) is 4.79 Å². The number of hydrogen-bond donors (Lipinski definition) is 1. The zero-order valence-electron chi connectivity index (χ0n) is 12.1. The highest BCUT2D eigenvalue weighted by Gasteiger charge is 2.05. The molecule has 1 aromatic rings. The van der Waals surface area contributed by atoms with E-state index < -0.39 is 0 Å². The van der Waals surface area contributed by atoms with Crippen molar-refractivity contribution < 1.29 is 9.53 Å². The first kappa shape index (κ1) is 15.2. The van der Waals surface area contributed by atoms with Crippen LogP contribution in [0.2, 0.25) is 0 Å². The lowest BCUT2D eigenvalue weighted by molar-refractivity contribution is -0.123. The summed E-state index contributed by atoms with van der Waals surface area (Å²) in [4.78, 5) is 11.6. The van der Waals surface area contributed by atoms with Gasteiger partial charge < -0.3 is 4.74 Å². The average Bonchev–Trinajstić information content (AvgIpc) is 2.41. The molecule has 0 unspecified atom stereocenters. The van der Waals surface area contributed by atoms with Crippen LogP contribution in [0.5, 0.6) is 5.75 Å². The van der Waals surface area contributed by atoms with Crippen LogP contribution < -0.4 is 10.2 Å². The number of nitrogens with one attached hydrogen (secondary N) is 1. The first-order valence-corrected chi connectivity index (χ1v) is 6.55. The number of benzene rings is 1. The number of hydrogen-bond acceptors (Lipinski definition) is 3. The molecule has 0 bridgehead atoms. The van der Waals surface area contributed by atoms with Gasteiger partial charge in [0.25, 0.3) is 5.91 Å². The second-order valence-corrected chi connectivity index (χ2v) is 4.70. The Morgan fingerprint density at radius 1 is 1.47 bits per heavy atom. The molecular weight excluding hydrogens is 240 g/mol. The Morgan fingerprint density at radius 2 is 2.21 bits per heavy atom. The van der Waals surface area contributed by atoms with Gasteiger partial charge in [0.05, 0.1) is 0 Å². The van der Waals surface area contributed by atoms with Gasteiger partial charge in [-0.25, -0.2) is 5.43 Å². The van der Waals surface area contributed by atoms with Crippen LogP contribution in [0.3, 0.4) is 0 Å². The fraction of sp³-hybridized carbons (Fsp3) is 0.467. The summed E-state index contributed by atoms with van der Waals surface area (Å²) >= 11 is 0. The van der Waals surface area contributed by atoms with Crippen LogP contribution in [0.4, 0.5) is 0 Å². The van der Waals surface area contributed by atoms with Gasteiger partial charge in [-0.05, 0) is 43.9 Å². The molecule has 104 valence electrons. The Bertz CT molecular complexity index is 455. The predicted molar refractivity (Wildman–Crippen MR) is 77.4 cm³/mol. The lowest BCUT2D eigenvalue weighted by Crippen LogP contribution is -2.26. The maximum Gasteiger partial charge on any atom is 0.277 e. The minimum atomic E-state index is -0.246. The summed E-state index contributed by atoms with van der Waals surface area (Å²) in [6.07, 6.45) is 1.00. The fourth-order valence-corrected chi connectivity index (χ4v) is 1.44. The number of aryl methyl sites for hydroxylation is 1. The first-order chi connectivity index (χ1) is 9.02. The van der Waals surface area contributed by atoms with Crippen molar-refractivity contribution in [3.8, 4) is 5.75 Å². The zero-order valence-corrected chi connectivity index (χ0v) is 12.1. The normalized spacial score (nSPS) is 12.9. The van der Waals surface area contributed by atoms with Gasteiger partial charge in [0, 0.05) is 5.71 Å². The van der Waals surface area contributed by atoms with E-state index in [1.54, 1.807) is 0 Å². The second kappa shape index (κ2) is 7.56. The first-order valence-electron chi connectivity index (χ1n) is 6.55. The Labute approximate surface area is 114 Å². The van der Waals surface area contributed by atoms with E-state index in [4.69, 9.17) is 4.74 Å². The Kier molecular flexibility index (Phi) is 6.06. The Morgan fingerprint density at radius 3 is 2.84 bits per heavy atom. The van der Waals surface area contributed by atoms with Crippen molar-refractivity contribution in [2.75, 3.05) is 6.61 Å². The predicted octanol–water partition coefficient (Wildman–Crippen LogP) is 2.91. The summed E-state index contributed by atoms with van der Waals surface area (Å²) in [5.74, 6) is 0.819. The third-order valence-electron chi connectivity index (χ3n) is 3.04. The molecule has 0 radical (unpaired) electrons. The number of rotatable bonds is 6. The third kappa shape index (κ3) is 5.55. The van der Waals surface area contributed by atoms with E-state index in [-0.39, 0.29) is 12.5 Å². The van der Waals surface area contributed by atoms with Crippen LogP contribution in [0, 0.1) is 12.8 Å². The molecule has 0 fully saturated rings. The van der Waals surface area contributed by atoms with Crippen LogP contribution >= 0.6 is 0 Å². The zero-order chi connectivity index (χ0) is 14.3. The molecule has 1 aromatic carbocycles. The quantitative estimate of drug-likeness (QED) is 0.633. The van der Waals surface area contributed by atoms with Crippen molar-refractivity contribution in [2.45, 2.75) is 34.1 Å². The maximum absolute atomic E-state index is 11.6. The van der Waals surface area contributed by atoms with E-state index in [1.165, 1.54) is 0 Å². The lowest BCUT2D eigenvalue weighted by Gasteiger charge is -2.09. The molecule has 0 heterocycles. The van der Waals surface area contributed by atoms with Crippen LogP contribution in [0.15, 0.2) is 29.4 Å². The topological polar surface area (TPSA) is 50.7 Å². The van der Waals surface area contributed by atoms with Crippen molar-refractivity contribution in [1.29, 1.82) is 0 Å². The van der Waals surface area contributed by atoms with Crippen LogP contribution in [0.25, 0.3) is 0 Å². The van der Waals surface area contributed by atoms with E-state index in [0.717, 1.165) is 17.7 Å².